The molecule has 0 spiro atoms. The highest BCUT2D eigenvalue weighted by atomic mass is 79.9. The van der Waals surface area contributed by atoms with Crippen molar-refractivity contribution in [2.75, 3.05) is 19.6 Å². The number of carbonyl (C=O) groups is 1. The summed E-state index contributed by atoms with van der Waals surface area (Å²) < 4.78 is 6.79. The average Bonchev–Trinajstić information content (AvgIpc) is 2.53. The predicted octanol–water partition coefficient (Wildman–Crippen LogP) is 3.63. The Morgan fingerprint density at radius 3 is 2.74 bits per heavy atom. The molecule has 0 aliphatic carbocycles. The zero-order chi connectivity index (χ0) is 15.9. The second-order valence-electron chi connectivity index (χ2n) is 5.73. The van der Waals surface area contributed by atoms with Crippen molar-refractivity contribution in [2.45, 2.75) is 45.3 Å². The van der Waals surface area contributed by atoms with Gasteiger partial charge in [-0.25, -0.2) is 0 Å². The topological polar surface area (TPSA) is 41.6 Å². The second kappa shape index (κ2) is 10.2. The summed E-state index contributed by atoms with van der Waals surface area (Å²) in [6.45, 7) is 6.72. The summed E-state index contributed by atoms with van der Waals surface area (Å²) >= 11 is 3.42. The fourth-order valence-electron chi connectivity index (χ4n) is 2.86. The van der Waals surface area contributed by atoms with Gasteiger partial charge in [0.2, 0.25) is 0 Å². The van der Waals surface area contributed by atoms with Gasteiger partial charge in [-0.1, -0.05) is 28.9 Å². The largest absolute Gasteiger partial charge is 0.481 e. The van der Waals surface area contributed by atoms with E-state index in [1.165, 1.54) is 0 Å². The molecule has 1 amide bonds. The van der Waals surface area contributed by atoms with Crippen molar-refractivity contribution in [1.29, 1.82) is 0 Å². The molecular formula is C17H26BrClN2O2. The molecular weight excluding hydrogens is 380 g/mol. The Kier molecular flexibility index (Phi) is 8.95. The Morgan fingerprint density at radius 1 is 1.43 bits per heavy atom. The average molecular weight is 406 g/mol. The predicted molar refractivity (Wildman–Crippen MR) is 99.4 cm³/mol. The minimum absolute atomic E-state index is 0. The lowest BCUT2D eigenvalue weighted by Crippen LogP contribution is -2.50. The number of ether oxygens (including phenoxy) is 1. The number of hydrogen-bond acceptors (Lipinski definition) is 3. The van der Waals surface area contributed by atoms with Crippen molar-refractivity contribution < 1.29 is 9.53 Å². The van der Waals surface area contributed by atoms with Crippen LogP contribution in [-0.4, -0.2) is 42.6 Å². The van der Waals surface area contributed by atoms with Gasteiger partial charge >= 0.3 is 0 Å². The van der Waals surface area contributed by atoms with Crippen LogP contribution in [0.3, 0.4) is 0 Å². The monoisotopic (exact) mass is 404 g/mol. The van der Waals surface area contributed by atoms with E-state index >= 15 is 0 Å². The number of nitrogens with zero attached hydrogens (tertiary/aromatic N) is 1. The molecule has 23 heavy (non-hydrogen) atoms. The second-order valence-corrected chi connectivity index (χ2v) is 6.65. The molecule has 1 unspecified atom stereocenters. The van der Waals surface area contributed by atoms with E-state index in [1.54, 1.807) is 0 Å². The van der Waals surface area contributed by atoms with Crippen LogP contribution in [0.15, 0.2) is 28.7 Å². The van der Waals surface area contributed by atoms with Crippen LogP contribution in [0, 0.1) is 0 Å². The third-order valence-electron chi connectivity index (χ3n) is 3.95. The van der Waals surface area contributed by atoms with Gasteiger partial charge in [-0.2, -0.15) is 0 Å². The minimum atomic E-state index is -0.462. The summed E-state index contributed by atoms with van der Waals surface area (Å²) in [7, 11) is 0. The standard InChI is InChI=1S/C17H25BrN2O2.ClH/c1-3-11-20(15-7-9-19-10-8-15)17(21)13(2)22-16-6-4-5-14(18)12-16;/h4-6,12-13,15,19H,3,7-11H2,1-2H3;1H. The molecule has 130 valence electrons. The number of nitrogens with one attached hydrogen (secondary N) is 1. The Hall–Kier alpha value is -0.780. The Balaban J connectivity index is 0.00000264. The molecule has 1 N–H and O–H groups in total. The van der Waals surface area contributed by atoms with E-state index in [-0.39, 0.29) is 18.3 Å². The zero-order valence-corrected chi connectivity index (χ0v) is 16.2. The lowest BCUT2D eigenvalue weighted by molar-refractivity contribution is -0.141. The van der Waals surface area contributed by atoms with E-state index < -0.39 is 6.10 Å². The van der Waals surface area contributed by atoms with Gasteiger partial charge in [-0.05, 0) is 57.5 Å². The van der Waals surface area contributed by atoms with Gasteiger partial charge in [0, 0.05) is 17.1 Å². The van der Waals surface area contributed by atoms with E-state index in [4.69, 9.17) is 4.74 Å². The SMILES string of the molecule is CCCN(C(=O)C(C)Oc1cccc(Br)c1)C1CCNCC1.Cl. The highest BCUT2D eigenvalue weighted by Crippen LogP contribution is 2.20. The molecule has 1 aliphatic rings. The Morgan fingerprint density at radius 2 is 2.13 bits per heavy atom. The maximum atomic E-state index is 12.8. The lowest BCUT2D eigenvalue weighted by Gasteiger charge is -2.36. The van der Waals surface area contributed by atoms with Crippen LogP contribution in [0.25, 0.3) is 0 Å². The third-order valence-corrected chi connectivity index (χ3v) is 4.45. The van der Waals surface area contributed by atoms with Crippen LogP contribution in [0.4, 0.5) is 0 Å². The van der Waals surface area contributed by atoms with Gasteiger partial charge < -0.3 is 15.0 Å². The van der Waals surface area contributed by atoms with Gasteiger partial charge in [0.1, 0.15) is 5.75 Å². The van der Waals surface area contributed by atoms with E-state index in [2.05, 4.69) is 28.2 Å². The first kappa shape index (κ1) is 20.3. The molecule has 0 saturated carbocycles. The van der Waals surface area contributed by atoms with Gasteiger partial charge in [-0.3, -0.25) is 4.79 Å². The lowest BCUT2D eigenvalue weighted by atomic mass is 10.0. The normalized spacial score (nSPS) is 16.3. The Labute approximate surface area is 153 Å². The first-order valence-electron chi connectivity index (χ1n) is 8.05. The highest BCUT2D eigenvalue weighted by molar-refractivity contribution is 9.10. The maximum absolute atomic E-state index is 12.8. The molecule has 0 bridgehead atoms. The highest BCUT2D eigenvalue weighted by Gasteiger charge is 2.28. The molecule has 1 fully saturated rings. The van der Waals surface area contributed by atoms with Crippen LogP contribution in [0.5, 0.6) is 5.75 Å². The molecule has 1 aromatic rings. The van der Waals surface area contributed by atoms with Gasteiger partial charge in [0.15, 0.2) is 6.10 Å². The molecule has 0 aromatic heterocycles. The number of carbonyl (C=O) groups excluding carboxylic acids is 1. The third kappa shape index (κ3) is 5.98. The van der Waals surface area contributed by atoms with Crippen LogP contribution >= 0.6 is 28.3 Å². The molecule has 1 heterocycles. The molecule has 2 rings (SSSR count). The van der Waals surface area contributed by atoms with Crippen LogP contribution < -0.4 is 10.1 Å². The van der Waals surface area contributed by atoms with Crippen molar-refractivity contribution in [2.24, 2.45) is 0 Å². The van der Waals surface area contributed by atoms with E-state index in [1.807, 2.05) is 36.1 Å². The summed E-state index contributed by atoms with van der Waals surface area (Å²) in [6.07, 6.45) is 2.56. The molecule has 1 aliphatic heterocycles. The summed E-state index contributed by atoms with van der Waals surface area (Å²) in [4.78, 5) is 14.8. The molecule has 1 saturated heterocycles. The van der Waals surface area contributed by atoms with Crippen LogP contribution in [-0.2, 0) is 4.79 Å². The van der Waals surface area contributed by atoms with Crippen molar-refractivity contribution in [1.82, 2.24) is 10.2 Å². The number of benzene rings is 1. The first-order valence-corrected chi connectivity index (χ1v) is 8.84. The van der Waals surface area contributed by atoms with E-state index in [0.29, 0.717) is 6.04 Å². The van der Waals surface area contributed by atoms with Gasteiger partial charge in [-0.15, -0.1) is 12.4 Å². The van der Waals surface area contributed by atoms with Crippen LogP contribution in [0.2, 0.25) is 0 Å². The number of piperidine rings is 1. The smallest absolute Gasteiger partial charge is 0.263 e. The molecule has 4 nitrogen and oxygen atoms in total. The molecule has 0 radical (unpaired) electrons. The van der Waals surface area contributed by atoms with Gasteiger partial charge in [0.25, 0.3) is 5.91 Å². The van der Waals surface area contributed by atoms with Crippen LogP contribution in [0.1, 0.15) is 33.1 Å². The number of rotatable bonds is 6. The first-order chi connectivity index (χ1) is 10.6. The zero-order valence-electron chi connectivity index (χ0n) is 13.8. The van der Waals surface area contributed by atoms with Gasteiger partial charge in [0.05, 0.1) is 0 Å². The number of amides is 1. The maximum Gasteiger partial charge on any atom is 0.263 e. The fraction of sp³-hybridized carbons (Fsp3) is 0.588. The van der Waals surface area contributed by atoms with Crippen molar-refractivity contribution in [3.63, 3.8) is 0 Å². The van der Waals surface area contributed by atoms with E-state index in [0.717, 1.165) is 49.1 Å². The van der Waals surface area contributed by atoms with Crippen molar-refractivity contribution in [3.8, 4) is 5.75 Å². The molecule has 1 atom stereocenters. The van der Waals surface area contributed by atoms with E-state index in [9.17, 15) is 4.79 Å². The summed E-state index contributed by atoms with van der Waals surface area (Å²) in [5.41, 5.74) is 0. The summed E-state index contributed by atoms with van der Waals surface area (Å²) in [5, 5.41) is 3.35. The Bertz CT molecular complexity index is 495. The number of hydrogen-bond donors (Lipinski definition) is 1. The fourth-order valence-corrected chi connectivity index (χ4v) is 3.24. The molecule has 1 aromatic carbocycles. The van der Waals surface area contributed by atoms with Crippen molar-refractivity contribution >= 4 is 34.2 Å². The number of halogens is 2. The minimum Gasteiger partial charge on any atom is -0.481 e. The molecule has 6 heteroatoms. The summed E-state index contributed by atoms with van der Waals surface area (Å²) in [5.74, 6) is 0.811. The summed E-state index contributed by atoms with van der Waals surface area (Å²) in [6, 6.07) is 7.95. The quantitative estimate of drug-likeness (QED) is 0.786. The van der Waals surface area contributed by atoms with Crippen molar-refractivity contribution in [3.05, 3.63) is 28.7 Å².